The zero-order valence-corrected chi connectivity index (χ0v) is 12.6. The van der Waals surface area contributed by atoms with Crippen molar-refractivity contribution in [2.24, 2.45) is 17.0 Å². The summed E-state index contributed by atoms with van der Waals surface area (Å²) >= 11 is 0. The van der Waals surface area contributed by atoms with Crippen LogP contribution in [0.15, 0.2) is 29.0 Å². The lowest BCUT2D eigenvalue weighted by Gasteiger charge is -2.11. The zero-order valence-electron chi connectivity index (χ0n) is 12.6. The summed E-state index contributed by atoms with van der Waals surface area (Å²) in [5, 5.41) is 2.86. The summed E-state index contributed by atoms with van der Waals surface area (Å²) in [6.45, 7) is 4.86. The van der Waals surface area contributed by atoms with Gasteiger partial charge in [0.15, 0.2) is 0 Å². The molecule has 19 heavy (non-hydrogen) atoms. The van der Waals surface area contributed by atoms with Gasteiger partial charge in [0.2, 0.25) is 0 Å². The van der Waals surface area contributed by atoms with Crippen molar-refractivity contribution in [3.8, 4) is 0 Å². The third kappa shape index (κ3) is 7.29. The summed E-state index contributed by atoms with van der Waals surface area (Å²) in [6, 6.07) is 0. The second kappa shape index (κ2) is 9.94. The Morgan fingerprint density at radius 3 is 2.84 bits per heavy atom. The molecule has 0 aromatic heterocycles. The van der Waals surface area contributed by atoms with Crippen LogP contribution in [0.25, 0.3) is 0 Å². The van der Waals surface area contributed by atoms with E-state index in [1.165, 1.54) is 44.9 Å². The smallest absolute Gasteiger partial charge is 0.0845 e. The van der Waals surface area contributed by atoms with Crippen molar-refractivity contribution in [2.75, 3.05) is 6.54 Å². The molecule has 2 nitrogen and oxygen atoms in total. The van der Waals surface area contributed by atoms with Gasteiger partial charge < -0.3 is 0 Å². The average molecular weight is 263 g/mol. The fraction of sp³-hybridized carbons (Fsp3) is 0.765. The van der Waals surface area contributed by atoms with E-state index in [2.05, 4.69) is 37.3 Å². The van der Waals surface area contributed by atoms with E-state index >= 15 is 0 Å². The molecule has 0 N–H and O–H groups in total. The maximum atomic E-state index is 9.95. The van der Waals surface area contributed by atoms with Gasteiger partial charge in [-0.15, -0.1) is 0 Å². The van der Waals surface area contributed by atoms with Crippen LogP contribution < -0.4 is 0 Å². The number of unbranched alkanes of at least 4 members (excludes halogenated alkanes) is 1. The van der Waals surface area contributed by atoms with Crippen LogP contribution >= 0.6 is 0 Å². The second-order valence-electron chi connectivity index (χ2n) is 5.67. The first-order chi connectivity index (χ1) is 9.31. The van der Waals surface area contributed by atoms with Gasteiger partial charge in [-0.2, -0.15) is 4.91 Å². The Morgan fingerprint density at radius 1 is 1.37 bits per heavy atom. The molecule has 0 bridgehead atoms. The minimum absolute atomic E-state index is 0.419. The maximum Gasteiger partial charge on any atom is 0.0845 e. The number of hydrogen-bond donors (Lipinski definition) is 0. The van der Waals surface area contributed by atoms with E-state index in [0.717, 1.165) is 18.3 Å². The van der Waals surface area contributed by atoms with Gasteiger partial charge in [-0.3, -0.25) is 0 Å². The Bertz CT molecular complexity index is 306. The van der Waals surface area contributed by atoms with E-state index in [-0.39, 0.29) is 0 Å². The first kappa shape index (κ1) is 16.1. The summed E-state index contributed by atoms with van der Waals surface area (Å²) in [6.07, 6.45) is 16.7. The molecule has 1 fully saturated rings. The van der Waals surface area contributed by atoms with Crippen molar-refractivity contribution in [3.05, 3.63) is 28.7 Å². The number of nitrogens with zero attached hydrogens (tertiary/aromatic N) is 1. The standard InChI is InChI=1S/C17H29NO/c1-3-15(10-6-5-9-13-18-19)11-7-8-12-17-14-16(17)4-2/h4-6,15,17H,3,7-14H2,1-2H3/b6-5-,16-4+/t15-,17?/m0/s1. The van der Waals surface area contributed by atoms with Crippen LogP contribution in [-0.4, -0.2) is 6.54 Å². The highest BCUT2D eigenvalue weighted by atomic mass is 16.3. The van der Waals surface area contributed by atoms with Gasteiger partial charge in [-0.1, -0.05) is 61.6 Å². The molecule has 0 aromatic rings. The third-order valence-corrected chi connectivity index (χ3v) is 4.23. The van der Waals surface area contributed by atoms with Crippen molar-refractivity contribution >= 4 is 0 Å². The van der Waals surface area contributed by atoms with Crippen molar-refractivity contribution in [3.63, 3.8) is 0 Å². The number of nitroso groups, excluding NO2 is 1. The molecule has 108 valence electrons. The molecule has 0 amide bonds. The van der Waals surface area contributed by atoms with Gasteiger partial charge in [0.25, 0.3) is 0 Å². The highest BCUT2D eigenvalue weighted by Gasteiger charge is 2.27. The molecule has 1 rings (SSSR count). The molecule has 0 aromatic carbocycles. The third-order valence-electron chi connectivity index (χ3n) is 4.23. The molecular formula is C17H29NO. The van der Waals surface area contributed by atoms with Gasteiger partial charge in [-0.05, 0) is 44.4 Å². The molecule has 0 aliphatic heterocycles. The Hall–Kier alpha value is -0.920. The molecule has 1 aliphatic rings. The van der Waals surface area contributed by atoms with Crippen LogP contribution in [-0.2, 0) is 0 Å². The lowest BCUT2D eigenvalue weighted by Crippen LogP contribution is -1.97. The van der Waals surface area contributed by atoms with Crippen molar-refractivity contribution in [1.82, 2.24) is 0 Å². The molecule has 0 saturated heterocycles. The molecule has 2 atom stereocenters. The van der Waals surface area contributed by atoms with Crippen molar-refractivity contribution in [1.29, 1.82) is 0 Å². The first-order valence-electron chi connectivity index (χ1n) is 7.91. The molecule has 1 unspecified atom stereocenters. The largest absolute Gasteiger partial charge is 0.151 e. The summed E-state index contributed by atoms with van der Waals surface area (Å²) in [7, 11) is 0. The summed E-state index contributed by atoms with van der Waals surface area (Å²) in [5.41, 5.74) is 1.68. The topological polar surface area (TPSA) is 29.4 Å². The Balaban J connectivity index is 2.01. The van der Waals surface area contributed by atoms with E-state index in [9.17, 15) is 4.91 Å². The van der Waals surface area contributed by atoms with Crippen molar-refractivity contribution in [2.45, 2.75) is 65.2 Å². The SMILES string of the molecule is C/C=C1\CC1CCCC[C@@H](CC)C/C=C\CCN=O. The normalized spacial score (nSPS) is 22.0. The minimum Gasteiger partial charge on any atom is -0.151 e. The van der Waals surface area contributed by atoms with E-state index in [4.69, 9.17) is 0 Å². The van der Waals surface area contributed by atoms with Gasteiger partial charge in [0.1, 0.15) is 0 Å². The van der Waals surface area contributed by atoms with E-state index < -0.39 is 0 Å². The maximum absolute atomic E-state index is 9.95. The van der Waals surface area contributed by atoms with Crippen LogP contribution in [0.2, 0.25) is 0 Å². The van der Waals surface area contributed by atoms with Crippen LogP contribution in [0.4, 0.5) is 0 Å². The Morgan fingerprint density at radius 2 is 2.21 bits per heavy atom. The fourth-order valence-corrected chi connectivity index (χ4v) is 2.71. The minimum atomic E-state index is 0.419. The monoisotopic (exact) mass is 263 g/mol. The lowest BCUT2D eigenvalue weighted by molar-refractivity contribution is 0.443. The molecule has 0 heterocycles. The van der Waals surface area contributed by atoms with Crippen LogP contribution in [0.1, 0.15) is 65.2 Å². The lowest BCUT2D eigenvalue weighted by atomic mass is 9.94. The van der Waals surface area contributed by atoms with Gasteiger partial charge in [0, 0.05) is 0 Å². The zero-order chi connectivity index (χ0) is 13.9. The van der Waals surface area contributed by atoms with Crippen LogP contribution in [0.3, 0.4) is 0 Å². The first-order valence-corrected chi connectivity index (χ1v) is 7.91. The number of hydrogen-bond acceptors (Lipinski definition) is 2. The predicted octanol–water partition coefficient (Wildman–Crippen LogP) is 5.64. The fourth-order valence-electron chi connectivity index (χ4n) is 2.71. The van der Waals surface area contributed by atoms with Crippen LogP contribution in [0.5, 0.6) is 0 Å². The number of rotatable bonds is 11. The summed E-state index contributed by atoms with van der Waals surface area (Å²) in [4.78, 5) is 9.95. The van der Waals surface area contributed by atoms with E-state index in [0.29, 0.717) is 6.54 Å². The molecule has 2 heteroatoms. The number of allylic oxidation sites excluding steroid dienone is 3. The summed E-state index contributed by atoms with van der Waals surface area (Å²) in [5.74, 6) is 1.75. The molecule has 1 aliphatic carbocycles. The van der Waals surface area contributed by atoms with Crippen LogP contribution in [0, 0.1) is 16.7 Å². The quantitative estimate of drug-likeness (QED) is 0.269. The molecule has 0 radical (unpaired) electrons. The van der Waals surface area contributed by atoms with E-state index in [1.54, 1.807) is 5.57 Å². The summed E-state index contributed by atoms with van der Waals surface area (Å²) < 4.78 is 0. The Labute approximate surface area is 118 Å². The highest BCUT2D eigenvalue weighted by molar-refractivity contribution is 5.21. The van der Waals surface area contributed by atoms with Gasteiger partial charge >= 0.3 is 0 Å². The predicted molar refractivity (Wildman–Crippen MR) is 83.1 cm³/mol. The molecular weight excluding hydrogens is 234 g/mol. The van der Waals surface area contributed by atoms with E-state index in [1.807, 2.05) is 0 Å². The van der Waals surface area contributed by atoms with Crippen molar-refractivity contribution < 1.29 is 0 Å². The average Bonchev–Trinajstić information content (AvgIpc) is 3.19. The Kier molecular flexibility index (Phi) is 8.44. The van der Waals surface area contributed by atoms with Gasteiger partial charge in [0.05, 0.1) is 6.54 Å². The molecule has 1 saturated carbocycles. The highest BCUT2D eigenvalue weighted by Crippen LogP contribution is 2.41. The van der Waals surface area contributed by atoms with Gasteiger partial charge in [-0.25, -0.2) is 0 Å². The molecule has 0 spiro atoms. The second-order valence-corrected chi connectivity index (χ2v) is 5.67.